The van der Waals surface area contributed by atoms with Gasteiger partial charge in [-0.3, -0.25) is 0 Å². The third kappa shape index (κ3) is 4.16. The topological polar surface area (TPSA) is 109 Å². The van der Waals surface area contributed by atoms with Crippen molar-refractivity contribution in [2.24, 2.45) is 0 Å². The highest BCUT2D eigenvalue weighted by Gasteiger charge is 2.23. The van der Waals surface area contributed by atoms with Crippen LogP contribution in [0, 0.1) is 0 Å². The van der Waals surface area contributed by atoms with Gasteiger partial charge in [0.25, 0.3) is 0 Å². The van der Waals surface area contributed by atoms with Gasteiger partial charge in [0.05, 0.1) is 0 Å². The van der Waals surface area contributed by atoms with Crippen molar-refractivity contribution in [1.29, 1.82) is 0 Å². The number of hydrogen-bond acceptors (Lipinski definition) is 6. The molecule has 0 spiro atoms. The standard InChI is InChI=1S/C40H26N8/c1-5-21-9-13-25-29(17-21)37-43-33(25)41-34-27-15-11-23(7-3)19-31(27)39(45-34)48-40-32-20-24(8-4)12-16-28(32)36(46-40)42-35-26-14-10-22(6-2)18-30(26)38(44-35)47-37/h5-20H,1-4H2,(H2,41,42,43,44,45,46,47,48). The average molecular weight is 619 g/mol. The molecule has 4 aromatic carbocycles. The third-order valence-electron chi connectivity index (χ3n) is 8.87. The summed E-state index contributed by atoms with van der Waals surface area (Å²) >= 11 is 0. The summed E-state index contributed by atoms with van der Waals surface area (Å²) < 4.78 is 0. The molecule has 0 saturated carbocycles. The fourth-order valence-electron chi connectivity index (χ4n) is 6.37. The Morgan fingerprint density at radius 3 is 1.08 bits per heavy atom. The Morgan fingerprint density at radius 2 is 0.688 bits per heavy atom. The van der Waals surface area contributed by atoms with Crippen molar-refractivity contribution in [3.8, 4) is 45.6 Å². The molecular formula is C40H26N8. The van der Waals surface area contributed by atoms with Gasteiger partial charge in [0, 0.05) is 43.8 Å². The highest BCUT2D eigenvalue weighted by atomic mass is 15.1. The van der Waals surface area contributed by atoms with E-state index in [2.05, 4.69) is 36.3 Å². The van der Waals surface area contributed by atoms with Crippen LogP contribution >= 0.6 is 0 Å². The van der Waals surface area contributed by atoms with Crippen LogP contribution in [-0.4, -0.2) is 39.9 Å². The van der Waals surface area contributed by atoms with Crippen molar-refractivity contribution in [1.82, 2.24) is 39.9 Å². The largest absolute Gasteiger partial charge is 0.324 e. The van der Waals surface area contributed by atoms with E-state index in [1.807, 2.05) is 97.1 Å². The average Bonchev–Trinajstić information content (AvgIpc) is 3.85. The third-order valence-corrected chi connectivity index (χ3v) is 8.87. The second-order valence-electron chi connectivity index (χ2n) is 11.6. The lowest BCUT2D eigenvalue weighted by molar-refractivity contribution is 1.19. The molecule has 0 amide bonds. The molecule has 226 valence electrons. The number of aromatic nitrogens is 8. The van der Waals surface area contributed by atoms with Crippen molar-refractivity contribution < 1.29 is 0 Å². The molecule has 9 rings (SSSR count). The van der Waals surface area contributed by atoms with Crippen molar-refractivity contribution in [3.63, 3.8) is 0 Å². The lowest BCUT2D eigenvalue weighted by atomic mass is 10.0. The summed E-state index contributed by atoms with van der Waals surface area (Å²) in [7, 11) is 0. The summed E-state index contributed by atoms with van der Waals surface area (Å²) in [6.45, 7) is 15.9. The summed E-state index contributed by atoms with van der Waals surface area (Å²) in [6, 6.07) is 24.3. The molecule has 7 aromatic rings. The Kier molecular flexibility index (Phi) is 5.94. The molecule has 0 fully saturated rings. The molecule has 2 N–H and O–H groups in total. The van der Waals surface area contributed by atoms with E-state index in [0.717, 1.165) is 66.1 Å². The first-order valence-electron chi connectivity index (χ1n) is 15.4. The van der Waals surface area contributed by atoms with E-state index in [-0.39, 0.29) is 0 Å². The SMILES string of the molecule is C=Cc1ccc2c(c1)-c1nc-2nc2[nH]c(nc3nc(nc4[nH]c(n1)c1cc(C=C)ccc41)-c1ccc(C=C)cc1-3)c1cc(C=C)ccc21. The number of aromatic amines is 2. The fraction of sp³-hybridized carbons (Fsp3) is 0. The van der Waals surface area contributed by atoms with E-state index in [0.29, 0.717) is 45.9 Å². The van der Waals surface area contributed by atoms with Crippen LogP contribution in [0.25, 0.3) is 114 Å². The van der Waals surface area contributed by atoms with E-state index in [1.54, 1.807) is 0 Å². The first-order chi connectivity index (χ1) is 23.5. The minimum Gasteiger partial charge on any atom is -0.324 e. The highest BCUT2D eigenvalue weighted by molar-refractivity contribution is 6.07. The molecule has 48 heavy (non-hydrogen) atoms. The highest BCUT2D eigenvalue weighted by Crippen LogP contribution is 2.38. The minimum atomic E-state index is 0.532. The Labute approximate surface area is 274 Å². The summed E-state index contributed by atoms with van der Waals surface area (Å²) in [5, 5.41) is 3.56. The van der Waals surface area contributed by atoms with Gasteiger partial charge in [0.2, 0.25) is 0 Å². The normalized spacial score (nSPS) is 11.7. The van der Waals surface area contributed by atoms with Gasteiger partial charge in [-0.2, -0.15) is 0 Å². The second kappa shape index (κ2) is 10.4. The van der Waals surface area contributed by atoms with Crippen LogP contribution in [0.5, 0.6) is 0 Å². The number of fused-ring (bicyclic) bond motifs is 20. The van der Waals surface area contributed by atoms with Crippen molar-refractivity contribution >= 4 is 68.4 Å². The predicted molar refractivity (Wildman–Crippen MR) is 196 cm³/mol. The first-order valence-corrected chi connectivity index (χ1v) is 15.4. The van der Waals surface area contributed by atoms with Gasteiger partial charge in [-0.15, -0.1) is 0 Å². The molecule has 8 heteroatoms. The van der Waals surface area contributed by atoms with Crippen LogP contribution < -0.4 is 0 Å². The molecule has 0 aliphatic carbocycles. The molecule has 8 nitrogen and oxygen atoms in total. The molecule has 0 atom stereocenters. The first kappa shape index (κ1) is 27.5. The van der Waals surface area contributed by atoms with Crippen LogP contribution in [0.15, 0.2) is 99.1 Å². The molecule has 2 aliphatic heterocycles. The Hall–Kier alpha value is -6.80. The van der Waals surface area contributed by atoms with Gasteiger partial charge in [-0.05, 0) is 70.8 Å². The van der Waals surface area contributed by atoms with E-state index in [1.165, 1.54) is 0 Å². The molecule has 0 unspecified atom stereocenters. The summed E-state index contributed by atoms with van der Waals surface area (Å²) in [5.41, 5.74) is 9.78. The summed E-state index contributed by atoms with van der Waals surface area (Å²) in [6.07, 6.45) is 7.26. The van der Waals surface area contributed by atoms with Gasteiger partial charge < -0.3 is 9.97 Å². The monoisotopic (exact) mass is 618 g/mol. The zero-order chi connectivity index (χ0) is 32.5. The van der Waals surface area contributed by atoms with Crippen molar-refractivity contribution in [2.45, 2.75) is 0 Å². The summed E-state index contributed by atoms with van der Waals surface area (Å²) in [5.74, 6) is 2.14. The lowest BCUT2D eigenvalue weighted by Crippen LogP contribution is -1.84. The Balaban J connectivity index is 1.50. The zero-order valence-electron chi connectivity index (χ0n) is 25.7. The number of H-pyrrole nitrogens is 2. The van der Waals surface area contributed by atoms with Gasteiger partial charge in [0.15, 0.2) is 23.3 Å². The molecular weight excluding hydrogens is 592 g/mol. The maximum atomic E-state index is 5.12. The Bertz CT molecular complexity index is 2570. The smallest absolute Gasteiger partial charge is 0.164 e. The molecule has 0 radical (unpaired) electrons. The van der Waals surface area contributed by atoms with E-state index < -0.39 is 0 Å². The van der Waals surface area contributed by atoms with Gasteiger partial charge in [0.1, 0.15) is 22.6 Å². The number of hydrogen-bond donors (Lipinski definition) is 2. The van der Waals surface area contributed by atoms with Crippen LogP contribution in [0.4, 0.5) is 0 Å². The number of nitrogens with one attached hydrogen (secondary N) is 2. The molecule has 0 saturated heterocycles. The van der Waals surface area contributed by atoms with Gasteiger partial charge >= 0.3 is 0 Å². The number of rotatable bonds is 4. The number of nitrogens with zero attached hydrogens (tertiary/aromatic N) is 6. The van der Waals surface area contributed by atoms with E-state index in [4.69, 9.17) is 29.9 Å². The predicted octanol–water partition coefficient (Wildman–Crippen LogP) is 9.44. The van der Waals surface area contributed by atoms with Crippen LogP contribution in [0.1, 0.15) is 22.3 Å². The van der Waals surface area contributed by atoms with E-state index in [9.17, 15) is 0 Å². The minimum absolute atomic E-state index is 0.532. The fourth-order valence-corrected chi connectivity index (χ4v) is 6.37. The molecule has 2 aliphatic rings. The van der Waals surface area contributed by atoms with Crippen LogP contribution in [0.2, 0.25) is 0 Å². The van der Waals surface area contributed by atoms with Crippen molar-refractivity contribution in [2.75, 3.05) is 0 Å². The van der Waals surface area contributed by atoms with E-state index >= 15 is 0 Å². The second-order valence-corrected chi connectivity index (χ2v) is 11.6. The zero-order valence-corrected chi connectivity index (χ0v) is 25.7. The maximum Gasteiger partial charge on any atom is 0.164 e. The van der Waals surface area contributed by atoms with Crippen LogP contribution in [0.3, 0.4) is 0 Å². The molecule has 3 aromatic heterocycles. The molecule has 8 bridgehead atoms. The Morgan fingerprint density at radius 1 is 0.354 bits per heavy atom. The maximum absolute atomic E-state index is 5.12. The summed E-state index contributed by atoms with van der Waals surface area (Å²) in [4.78, 5) is 37.4. The number of benzene rings is 4. The quantitative estimate of drug-likeness (QED) is 0.203. The van der Waals surface area contributed by atoms with Crippen LogP contribution in [-0.2, 0) is 0 Å². The lowest BCUT2D eigenvalue weighted by Gasteiger charge is -2.00. The van der Waals surface area contributed by atoms with Gasteiger partial charge in [-0.25, -0.2) is 29.9 Å². The van der Waals surface area contributed by atoms with Gasteiger partial charge in [-0.1, -0.05) is 74.9 Å². The van der Waals surface area contributed by atoms with Crippen molar-refractivity contribution in [3.05, 3.63) is 121 Å². The molecule has 5 heterocycles.